The third-order valence-electron chi connectivity index (χ3n) is 8.84. The van der Waals surface area contributed by atoms with E-state index in [9.17, 15) is 15.0 Å². The highest BCUT2D eigenvalue weighted by Crippen LogP contribution is 2.52. The zero-order valence-electron chi connectivity index (χ0n) is 20.3. The van der Waals surface area contributed by atoms with Crippen molar-refractivity contribution in [1.82, 2.24) is 0 Å². The Morgan fingerprint density at radius 2 is 2.14 bits per heavy atom. The highest BCUT2D eigenvalue weighted by Gasteiger charge is 2.49. The van der Waals surface area contributed by atoms with Crippen LogP contribution >= 0.6 is 11.6 Å². The van der Waals surface area contributed by atoms with E-state index in [1.54, 1.807) is 24.3 Å². The molecule has 1 spiro atoms. The zero-order chi connectivity index (χ0) is 24.8. The molecule has 35 heavy (non-hydrogen) atoms. The molecular formula is C29H34ClNO4. The Balaban J connectivity index is 1.55. The lowest BCUT2D eigenvalue weighted by atomic mass is 9.57. The van der Waals surface area contributed by atoms with E-state index in [-0.39, 0.29) is 16.4 Å². The molecule has 186 valence electrons. The molecule has 2 N–H and O–H groups in total. The van der Waals surface area contributed by atoms with Gasteiger partial charge in [-0.2, -0.15) is 0 Å². The Bertz CT molecular complexity index is 1150. The number of benzene rings is 2. The number of aliphatic hydroxyl groups is 1. The summed E-state index contributed by atoms with van der Waals surface area (Å²) in [7, 11) is 0. The number of carbonyl (C=O) groups is 1. The molecule has 2 aromatic carbocycles. The number of hydrogen-bond donors (Lipinski definition) is 2. The maximum Gasteiger partial charge on any atom is 0.335 e. The minimum atomic E-state index is -0.945. The van der Waals surface area contributed by atoms with Gasteiger partial charge in [-0.25, -0.2) is 4.79 Å². The zero-order valence-corrected chi connectivity index (χ0v) is 21.1. The van der Waals surface area contributed by atoms with Crippen molar-refractivity contribution in [2.24, 2.45) is 11.3 Å². The van der Waals surface area contributed by atoms with E-state index < -0.39 is 12.1 Å². The van der Waals surface area contributed by atoms with Gasteiger partial charge in [0.05, 0.1) is 24.0 Å². The van der Waals surface area contributed by atoms with Gasteiger partial charge in [-0.05, 0) is 91.3 Å². The molecule has 0 amide bonds. The first-order chi connectivity index (χ1) is 16.8. The van der Waals surface area contributed by atoms with Gasteiger partial charge in [-0.3, -0.25) is 0 Å². The summed E-state index contributed by atoms with van der Waals surface area (Å²) >= 11 is 6.34. The van der Waals surface area contributed by atoms with E-state index in [1.165, 1.54) is 11.1 Å². The molecule has 1 heterocycles. The van der Waals surface area contributed by atoms with Gasteiger partial charge in [0.1, 0.15) is 5.75 Å². The molecule has 5 nitrogen and oxygen atoms in total. The second-order valence-corrected chi connectivity index (χ2v) is 11.3. The minimum absolute atomic E-state index is 0.183. The first-order valence-corrected chi connectivity index (χ1v) is 13.0. The van der Waals surface area contributed by atoms with Crippen LogP contribution in [-0.2, 0) is 11.8 Å². The third kappa shape index (κ3) is 4.23. The van der Waals surface area contributed by atoms with Crippen LogP contribution in [0.25, 0.3) is 0 Å². The molecular weight excluding hydrogens is 462 g/mol. The average Bonchev–Trinajstić information content (AvgIpc) is 2.98. The van der Waals surface area contributed by atoms with E-state index in [2.05, 4.69) is 30.5 Å². The van der Waals surface area contributed by atoms with Crippen molar-refractivity contribution >= 4 is 23.3 Å². The van der Waals surface area contributed by atoms with Gasteiger partial charge in [0.25, 0.3) is 0 Å². The van der Waals surface area contributed by atoms with E-state index >= 15 is 0 Å². The van der Waals surface area contributed by atoms with Crippen LogP contribution in [0.4, 0.5) is 5.69 Å². The maximum atomic E-state index is 11.8. The van der Waals surface area contributed by atoms with Crippen LogP contribution in [0.1, 0.15) is 60.5 Å². The van der Waals surface area contributed by atoms with Gasteiger partial charge in [0.2, 0.25) is 0 Å². The normalized spacial score (nSPS) is 28.2. The topological polar surface area (TPSA) is 70.0 Å². The van der Waals surface area contributed by atoms with Gasteiger partial charge in [0.15, 0.2) is 0 Å². The van der Waals surface area contributed by atoms with Crippen LogP contribution < -0.4 is 9.64 Å². The molecule has 4 atom stereocenters. The van der Waals surface area contributed by atoms with Crippen LogP contribution in [-0.4, -0.2) is 42.0 Å². The van der Waals surface area contributed by atoms with Gasteiger partial charge >= 0.3 is 5.97 Å². The largest absolute Gasteiger partial charge is 0.490 e. The van der Waals surface area contributed by atoms with Crippen molar-refractivity contribution < 1.29 is 19.7 Å². The van der Waals surface area contributed by atoms with E-state index in [0.717, 1.165) is 61.7 Å². The summed E-state index contributed by atoms with van der Waals surface area (Å²) in [5.41, 5.74) is 3.26. The fourth-order valence-electron chi connectivity index (χ4n) is 6.48. The van der Waals surface area contributed by atoms with Gasteiger partial charge < -0.3 is 19.8 Å². The number of rotatable bonds is 6. The predicted octanol–water partition coefficient (Wildman–Crippen LogP) is 5.86. The van der Waals surface area contributed by atoms with E-state index in [1.807, 2.05) is 6.07 Å². The van der Waals surface area contributed by atoms with E-state index in [4.69, 9.17) is 16.3 Å². The van der Waals surface area contributed by atoms with Crippen molar-refractivity contribution in [2.45, 2.75) is 57.0 Å². The first-order valence-electron chi connectivity index (χ1n) is 12.6. The maximum absolute atomic E-state index is 11.8. The number of ether oxygens (including phenoxy) is 1. The minimum Gasteiger partial charge on any atom is -0.490 e. The highest BCUT2D eigenvalue weighted by atomic mass is 35.5. The van der Waals surface area contributed by atoms with Crippen LogP contribution in [0, 0.1) is 11.3 Å². The van der Waals surface area contributed by atoms with E-state index in [0.29, 0.717) is 18.9 Å². The lowest BCUT2D eigenvalue weighted by Crippen LogP contribution is -2.53. The highest BCUT2D eigenvalue weighted by molar-refractivity contribution is 6.30. The van der Waals surface area contributed by atoms with Crippen molar-refractivity contribution in [1.29, 1.82) is 0 Å². The second kappa shape index (κ2) is 9.18. The number of fused-ring (bicyclic) bond motifs is 3. The van der Waals surface area contributed by atoms with Crippen molar-refractivity contribution in [3.05, 3.63) is 70.8 Å². The first kappa shape index (κ1) is 24.2. The second-order valence-electron chi connectivity index (χ2n) is 10.9. The van der Waals surface area contributed by atoms with Gasteiger partial charge in [0, 0.05) is 23.5 Å². The molecule has 2 aromatic rings. The average molecular weight is 496 g/mol. The lowest BCUT2D eigenvalue weighted by molar-refractivity contribution is -0.0695. The van der Waals surface area contributed by atoms with Crippen molar-refractivity contribution in [3.63, 3.8) is 0 Å². The molecule has 1 fully saturated rings. The summed E-state index contributed by atoms with van der Waals surface area (Å²) in [6, 6.07) is 11.4. The molecule has 2 aliphatic carbocycles. The Morgan fingerprint density at radius 3 is 2.86 bits per heavy atom. The lowest BCUT2D eigenvalue weighted by Gasteiger charge is -2.52. The predicted molar refractivity (Wildman–Crippen MR) is 139 cm³/mol. The molecule has 5 rings (SSSR count). The summed E-state index contributed by atoms with van der Waals surface area (Å²) in [5.74, 6) is 0.0714. The quantitative estimate of drug-likeness (QED) is 0.491. The molecule has 3 aliphatic rings. The molecule has 1 unspecified atom stereocenters. The Kier molecular flexibility index (Phi) is 6.35. The fraction of sp³-hybridized carbons (Fsp3) is 0.483. The third-order valence-corrected chi connectivity index (χ3v) is 9.08. The molecule has 0 bridgehead atoms. The monoisotopic (exact) mass is 495 g/mol. The van der Waals surface area contributed by atoms with Crippen LogP contribution in [0.5, 0.6) is 5.75 Å². The Labute approximate surface area is 212 Å². The number of halogens is 1. The number of aliphatic hydroxyl groups excluding tert-OH is 1. The number of aromatic carboxylic acids is 1. The molecule has 0 aromatic heterocycles. The SMILES string of the molecule is C=CCC(O)[C@]1(C)CC[C@H]1CN1C[C@@]2(CCCc3cc(Cl)ccc32)COc2ccc(C(=O)O)cc21. The molecule has 0 radical (unpaired) electrons. The summed E-state index contributed by atoms with van der Waals surface area (Å²) in [4.78, 5) is 14.1. The summed E-state index contributed by atoms with van der Waals surface area (Å²) in [5, 5.41) is 21.3. The number of anilines is 1. The van der Waals surface area contributed by atoms with Crippen LogP contribution in [0.15, 0.2) is 49.1 Å². The summed E-state index contributed by atoms with van der Waals surface area (Å²) in [6.45, 7) is 8.01. The van der Waals surface area contributed by atoms with Gasteiger partial charge in [-0.1, -0.05) is 30.7 Å². The summed E-state index contributed by atoms with van der Waals surface area (Å²) in [6.07, 6.45) is 7.01. The molecule has 1 aliphatic heterocycles. The van der Waals surface area contributed by atoms with Gasteiger partial charge in [-0.15, -0.1) is 6.58 Å². The molecule has 6 heteroatoms. The molecule has 0 saturated heterocycles. The Morgan fingerprint density at radius 1 is 1.31 bits per heavy atom. The fourth-order valence-corrected chi connectivity index (χ4v) is 6.68. The number of aryl methyl sites for hydroxylation is 1. The summed E-state index contributed by atoms with van der Waals surface area (Å²) < 4.78 is 6.43. The number of carboxylic acid groups (broad SMARTS) is 1. The number of nitrogens with zero attached hydrogens (tertiary/aromatic N) is 1. The standard InChI is InChI=1S/C29H34ClNO4/c1-3-5-26(32)28(2)13-11-21(28)16-31-17-29(12-4-6-19-14-22(30)8-9-23(19)29)18-35-25-10-7-20(27(33)34)15-24(25)31/h3,7-10,14-15,21,26,32H,1,4-6,11-13,16-18H2,2H3,(H,33,34)/t21-,26?,28+,29-/m0/s1. The van der Waals surface area contributed by atoms with Crippen LogP contribution in [0.2, 0.25) is 5.02 Å². The van der Waals surface area contributed by atoms with Crippen molar-refractivity contribution in [3.8, 4) is 5.75 Å². The van der Waals surface area contributed by atoms with Crippen LogP contribution in [0.3, 0.4) is 0 Å². The number of hydrogen-bond acceptors (Lipinski definition) is 4. The smallest absolute Gasteiger partial charge is 0.335 e. The van der Waals surface area contributed by atoms with Crippen molar-refractivity contribution in [2.75, 3.05) is 24.6 Å². The molecule has 1 saturated carbocycles. The Hall–Kier alpha value is -2.50. The number of carboxylic acids is 1.